The van der Waals surface area contributed by atoms with Crippen molar-refractivity contribution in [3.05, 3.63) is 66.5 Å². The second-order valence-electron chi connectivity index (χ2n) is 20.4. The van der Waals surface area contributed by atoms with E-state index in [1.54, 1.807) is 12.0 Å². The molecule has 0 unspecified atom stereocenters. The maximum atomic E-state index is 13.4. The summed E-state index contributed by atoms with van der Waals surface area (Å²) in [4.78, 5) is 48.4. The molecule has 3 aromatic heterocycles. The predicted octanol–water partition coefficient (Wildman–Crippen LogP) is 10.5. The zero-order valence-corrected chi connectivity index (χ0v) is 41.3. The Bertz CT molecular complexity index is 2430. The molecule has 0 spiro atoms. The highest BCUT2D eigenvalue weighted by atomic mass is 28.3. The highest BCUT2D eigenvalue weighted by Crippen LogP contribution is 2.38. The Balaban J connectivity index is 1.18. The standard InChI is InChI=1S/C47H66N8O7Si2/c1-47(2,3)62-46(58)53-22-12-14-38(53)43-49-29-40(55(43)31-61-24-26-64(8,9)10)34-19-20-36-35(27-34)44(59-4)51-41(50-36)33-17-15-32(16-18-33)39-28-48-42(37-13-11-21-52(37)45(56)57)54(39)30-60-23-25-63(5,6)7/h15-20,27-29,37-38H,11-14,21-26,30-31H2,1-10H3,(H,56,57)/t37-,38-/m0/s1. The van der Waals surface area contributed by atoms with Crippen molar-refractivity contribution in [1.82, 2.24) is 38.9 Å². The molecule has 2 saturated heterocycles. The molecule has 5 aromatic rings. The summed E-state index contributed by atoms with van der Waals surface area (Å²) in [7, 11) is -1.03. The molecule has 2 atom stereocenters. The summed E-state index contributed by atoms with van der Waals surface area (Å²) in [6.45, 7) is 22.6. The van der Waals surface area contributed by atoms with E-state index in [-0.39, 0.29) is 24.9 Å². The second kappa shape index (κ2) is 19.2. The molecule has 64 heavy (non-hydrogen) atoms. The number of nitrogens with zero attached hydrogens (tertiary/aromatic N) is 8. The SMILES string of the molecule is COc1nc(-c2ccc(-c3cnc([C@@H]4CCCN4C(=O)O)n3COCC[Si](C)(C)C)cc2)nc2ccc(-c3cnc([C@@H]4CCCN4C(=O)OC(C)(C)C)n3COCC[Si](C)(C)C)cc12. The van der Waals surface area contributed by atoms with Gasteiger partial charge < -0.3 is 33.2 Å². The van der Waals surface area contributed by atoms with Crippen molar-refractivity contribution < 1.29 is 33.6 Å². The van der Waals surface area contributed by atoms with E-state index in [4.69, 9.17) is 38.9 Å². The minimum Gasteiger partial charge on any atom is -0.480 e. The first-order chi connectivity index (χ1) is 30.3. The summed E-state index contributed by atoms with van der Waals surface area (Å²) < 4.78 is 28.4. The molecule has 344 valence electrons. The maximum Gasteiger partial charge on any atom is 0.410 e. The monoisotopic (exact) mass is 910 g/mol. The lowest BCUT2D eigenvalue weighted by molar-refractivity contribution is 0.0204. The number of rotatable bonds is 16. The molecule has 17 heteroatoms. The van der Waals surface area contributed by atoms with Gasteiger partial charge >= 0.3 is 12.2 Å². The van der Waals surface area contributed by atoms with E-state index < -0.39 is 27.8 Å². The largest absolute Gasteiger partial charge is 0.480 e. The Morgan fingerprint density at radius 2 is 1.25 bits per heavy atom. The number of hydrogen-bond donors (Lipinski definition) is 1. The molecular formula is C47H66N8O7Si2. The third-order valence-corrected chi connectivity index (χ3v) is 15.2. The van der Waals surface area contributed by atoms with Gasteiger partial charge in [0, 0.05) is 53.6 Å². The van der Waals surface area contributed by atoms with Crippen molar-refractivity contribution in [2.75, 3.05) is 33.4 Å². The number of methoxy groups -OCH3 is 1. The van der Waals surface area contributed by atoms with Crippen LogP contribution in [0.15, 0.2) is 54.9 Å². The van der Waals surface area contributed by atoms with E-state index >= 15 is 0 Å². The molecule has 2 fully saturated rings. The third kappa shape index (κ3) is 11.0. The van der Waals surface area contributed by atoms with Gasteiger partial charge in [0.05, 0.1) is 53.9 Å². The van der Waals surface area contributed by atoms with Gasteiger partial charge in [0.25, 0.3) is 0 Å². The van der Waals surface area contributed by atoms with Crippen LogP contribution < -0.4 is 4.74 Å². The third-order valence-electron chi connectivity index (χ3n) is 11.8. The first kappa shape index (κ1) is 46.9. The van der Waals surface area contributed by atoms with Crippen molar-refractivity contribution in [2.45, 2.75) is 129 Å². The minimum absolute atomic E-state index is 0.248. The zero-order valence-electron chi connectivity index (χ0n) is 39.3. The van der Waals surface area contributed by atoms with Crippen molar-refractivity contribution in [2.24, 2.45) is 0 Å². The van der Waals surface area contributed by atoms with Crippen molar-refractivity contribution in [3.8, 4) is 39.8 Å². The molecule has 0 saturated carbocycles. The lowest BCUT2D eigenvalue weighted by atomic mass is 10.1. The summed E-state index contributed by atoms with van der Waals surface area (Å²) >= 11 is 0. The van der Waals surface area contributed by atoms with Crippen LogP contribution in [0.1, 0.15) is 70.2 Å². The Labute approximate surface area is 379 Å². The highest BCUT2D eigenvalue weighted by Gasteiger charge is 2.37. The van der Waals surface area contributed by atoms with E-state index in [2.05, 4.69) is 43.8 Å². The van der Waals surface area contributed by atoms with E-state index in [1.807, 2.05) is 80.2 Å². The smallest absolute Gasteiger partial charge is 0.410 e. The number of aromatic nitrogens is 6. The van der Waals surface area contributed by atoms with Gasteiger partial charge in [0.15, 0.2) is 5.82 Å². The molecule has 15 nitrogen and oxygen atoms in total. The normalized spacial score (nSPS) is 17.2. The fourth-order valence-electron chi connectivity index (χ4n) is 8.29. The van der Waals surface area contributed by atoms with Crippen molar-refractivity contribution in [3.63, 3.8) is 0 Å². The lowest BCUT2D eigenvalue weighted by Crippen LogP contribution is -2.37. The van der Waals surface area contributed by atoms with Gasteiger partial charge in [-0.25, -0.2) is 24.5 Å². The second-order valence-corrected chi connectivity index (χ2v) is 31.6. The van der Waals surface area contributed by atoms with Gasteiger partial charge in [-0.2, -0.15) is 4.98 Å². The number of carbonyl (C=O) groups is 2. The van der Waals surface area contributed by atoms with Crippen LogP contribution in [0.2, 0.25) is 51.4 Å². The van der Waals surface area contributed by atoms with E-state index in [0.717, 1.165) is 76.2 Å². The fraction of sp³-hybridized carbons (Fsp3) is 0.532. The Morgan fingerprint density at radius 3 is 1.78 bits per heavy atom. The van der Waals surface area contributed by atoms with Gasteiger partial charge in [-0.3, -0.25) is 9.80 Å². The number of imidazole rings is 2. The molecule has 0 aliphatic carbocycles. The summed E-state index contributed by atoms with van der Waals surface area (Å²) in [5.41, 5.74) is 4.44. The van der Waals surface area contributed by atoms with Crippen LogP contribution in [0, 0.1) is 0 Å². The molecule has 2 aromatic carbocycles. The quantitative estimate of drug-likeness (QED) is 0.0741. The van der Waals surface area contributed by atoms with Crippen LogP contribution in [0.4, 0.5) is 9.59 Å². The first-order valence-electron chi connectivity index (χ1n) is 22.5. The molecule has 1 N–H and O–H groups in total. The van der Waals surface area contributed by atoms with Crippen molar-refractivity contribution >= 4 is 39.2 Å². The van der Waals surface area contributed by atoms with Gasteiger partial charge in [0.1, 0.15) is 30.7 Å². The maximum absolute atomic E-state index is 13.4. The van der Waals surface area contributed by atoms with Crippen LogP contribution in [-0.2, 0) is 27.7 Å². The van der Waals surface area contributed by atoms with Gasteiger partial charge in [-0.1, -0.05) is 69.6 Å². The predicted molar refractivity (Wildman–Crippen MR) is 254 cm³/mol. The summed E-state index contributed by atoms with van der Waals surface area (Å²) in [6, 6.07) is 15.5. The molecule has 5 heterocycles. The highest BCUT2D eigenvalue weighted by molar-refractivity contribution is 6.76. The Morgan fingerprint density at radius 1 is 0.734 bits per heavy atom. The van der Waals surface area contributed by atoms with Gasteiger partial charge in [0.2, 0.25) is 5.88 Å². The molecule has 7 rings (SSSR count). The molecule has 2 aliphatic rings. The Kier molecular flexibility index (Phi) is 14.0. The Hall–Kier alpha value is -5.11. The topological polar surface area (TPSA) is 159 Å². The summed E-state index contributed by atoms with van der Waals surface area (Å²) in [6.07, 6.45) is 5.53. The van der Waals surface area contributed by atoms with Crippen LogP contribution in [-0.4, -0.2) is 111 Å². The number of amides is 2. The lowest BCUT2D eigenvalue weighted by Gasteiger charge is -2.29. The number of carbonyl (C=O) groups excluding carboxylic acids is 1. The molecule has 0 radical (unpaired) electrons. The number of hydrogen-bond acceptors (Lipinski definition) is 10. The summed E-state index contributed by atoms with van der Waals surface area (Å²) in [5, 5.41) is 10.7. The summed E-state index contributed by atoms with van der Waals surface area (Å²) in [5.74, 6) is 2.42. The van der Waals surface area contributed by atoms with Crippen molar-refractivity contribution in [1.29, 1.82) is 0 Å². The average molecular weight is 911 g/mol. The van der Waals surface area contributed by atoms with Crippen LogP contribution >= 0.6 is 0 Å². The first-order valence-corrected chi connectivity index (χ1v) is 29.9. The number of ether oxygens (including phenoxy) is 4. The van der Waals surface area contributed by atoms with E-state index in [0.29, 0.717) is 57.0 Å². The number of benzene rings is 2. The number of carboxylic acid groups (broad SMARTS) is 1. The van der Waals surface area contributed by atoms with E-state index in [9.17, 15) is 14.7 Å². The number of likely N-dealkylation sites (tertiary alicyclic amines) is 2. The fourth-order valence-corrected chi connectivity index (χ4v) is 9.80. The van der Waals surface area contributed by atoms with Gasteiger partial charge in [-0.05, 0) is 76.2 Å². The molecule has 2 amide bonds. The molecule has 2 aliphatic heterocycles. The van der Waals surface area contributed by atoms with Crippen LogP contribution in [0.3, 0.4) is 0 Å². The number of fused-ring (bicyclic) bond motifs is 1. The molecule has 0 bridgehead atoms. The molecular weight excluding hydrogens is 845 g/mol. The van der Waals surface area contributed by atoms with E-state index in [1.165, 1.54) is 4.90 Å². The zero-order chi connectivity index (χ0) is 46.0. The average Bonchev–Trinajstić information content (AvgIpc) is 4.05. The van der Waals surface area contributed by atoms with Crippen LogP contribution in [0.5, 0.6) is 5.88 Å². The van der Waals surface area contributed by atoms with Gasteiger partial charge in [-0.15, -0.1) is 0 Å². The van der Waals surface area contributed by atoms with Crippen LogP contribution in [0.25, 0.3) is 44.8 Å². The minimum atomic E-state index is -1.33.